The Morgan fingerprint density at radius 3 is 2.69 bits per heavy atom. The molecule has 2 aromatic rings. The minimum Gasteiger partial charge on any atom is -0.448 e. The van der Waals surface area contributed by atoms with Crippen molar-refractivity contribution in [2.75, 3.05) is 0 Å². The Morgan fingerprint density at radius 1 is 1.31 bits per heavy atom. The minimum absolute atomic E-state index is 0.722. The Morgan fingerprint density at radius 2 is 2.12 bits per heavy atom. The van der Waals surface area contributed by atoms with Crippen LogP contribution in [0.5, 0.6) is 0 Å². The molecule has 0 fully saturated rings. The van der Waals surface area contributed by atoms with Gasteiger partial charge in [-0.15, -0.1) is 11.3 Å². The summed E-state index contributed by atoms with van der Waals surface area (Å²) < 4.78 is 5.13. The second-order valence-electron chi connectivity index (χ2n) is 3.71. The van der Waals surface area contributed by atoms with E-state index in [0.717, 1.165) is 35.2 Å². The van der Waals surface area contributed by atoms with E-state index in [4.69, 9.17) is 4.42 Å². The lowest BCUT2D eigenvalue weighted by molar-refractivity contribution is 0.522. The fourth-order valence-corrected chi connectivity index (χ4v) is 2.30. The topological polar surface area (TPSA) is 51.0 Å². The summed E-state index contributed by atoms with van der Waals surface area (Å²) >= 11 is 1.74. The quantitative estimate of drug-likeness (QED) is 0.886. The number of rotatable bonds is 4. The molecule has 1 N–H and O–H groups in total. The van der Waals surface area contributed by atoms with E-state index < -0.39 is 0 Å². The fraction of sp³-hybridized carbons (Fsp3) is 0.455. The molecule has 86 valence electrons. The average molecular weight is 237 g/mol. The first-order valence-electron chi connectivity index (χ1n) is 5.19. The summed E-state index contributed by atoms with van der Waals surface area (Å²) in [6, 6.07) is 0. The molecule has 0 aromatic carbocycles. The van der Waals surface area contributed by atoms with Crippen LogP contribution in [-0.4, -0.2) is 9.97 Å². The van der Waals surface area contributed by atoms with Gasteiger partial charge in [0.25, 0.3) is 0 Å². The second-order valence-corrected chi connectivity index (χ2v) is 5.00. The number of nitrogens with one attached hydrogen (secondary N) is 1. The van der Waals surface area contributed by atoms with Crippen LogP contribution in [0.1, 0.15) is 27.0 Å². The van der Waals surface area contributed by atoms with Crippen molar-refractivity contribution in [2.45, 2.75) is 33.9 Å². The Balaban J connectivity index is 1.87. The summed E-state index contributed by atoms with van der Waals surface area (Å²) in [4.78, 5) is 9.87. The van der Waals surface area contributed by atoms with Gasteiger partial charge in [-0.25, -0.2) is 9.97 Å². The predicted octanol–water partition coefficient (Wildman–Crippen LogP) is 2.35. The van der Waals surface area contributed by atoms with Crippen LogP contribution in [0.15, 0.2) is 10.8 Å². The number of thiazole rings is 1. The number of aromatic nitrogens is 2. The molecule has 0 spiro atoms. The highest BCUT2D eigenvalue weighted by molar-refractivity contribution is 7.11. The molecular weight excluding hydrogens is 222 g/mol. The molecule has 0 saturated carbocycles. The minimum atomic E-state index is 0.722. The van der Waals surface area contributed by atoms with Gasteiger partial charge in [-0.3, -0.25) is 0 Å². The summed E-state index contributed by atoms with van der Waals surface area (Å²) in [5.41, 5.74) is 2.09. The largest absolute Gasteiger partial charge is 0.448 e. The third-order valence-electron chi connectivity index (χ3n) is 2.49. The fourth-order valence-electron chi connectivity index (χ4n) is 1.40. The summed E-state index contributed by atoms with van der Waals surface area (Å²) in [6.07, 6.45) is 1.48. The van der Waals surface area contributed by atoms with Gasteiger partial charge in [-0.1, -0.05) is 0 Å². The highest BCUT2D eigenvalue weighted by Gasteiger charge is 2.05. The molecule has 0 bridgehead atoms. The van der Waals surface area contributed by atoms with Crippen molar-refractivity contribution < 1.29 is 4.42 Å². The van der Waals surface area contributed by atoms with Gasteiger partial charge in [-0.05, 0) is 20.8 Å². The van der Waals surface area contributed by atoms with Crippen LogP contribution in [0.4, 0.5) is 0 Å². The van der Waals surface area contributed by atoms with Crippen molar-refractivity contribution in [3.8, 4) is 0 Å². The van der Waals surface area contributed by atoms with E-state index in [1.54, 1.807) is 11.3 Å². The summed E-state index contributed by atoms with van der Waals surface area (Å²) in [7, 11) is 0. The van der Waals surface area contributed by atoms with Gasteiger partial charge in [0.05, 0.1) is 11.4 Å². The predicted molar refractivity (Wildman–Crippen MR) is 63.4 cm³/mol. The van der Waals surface area contributed by atoms with Crippen LogP contribution >= 0.6 is 11.3 Å². The van der Waals surface area contributed by atoms with E-state index in [0.29, 0.717) is 0 Å². The van der Waals surface area contributed by atoms with Crippen LogP contribution in [0.2, 0.25) is 0 Å². The van der Waals surface area contributed by atoms with Gasteiger partial charge in [0.2, 0.25) is 0 Å². The number of hydrogen-bond acceptors (Lipinski definition) is 5. The van der Waals surface area contributed by atoms with E-state index in [1.165, 1.54) is 11.3 Å². The van der Waals surface area contributed by atoms with Gasteiger partial charge in [0.1, 0.15) is 10.8 Å². The standard InChI is InChI=1S/C11H15N3OS/c1-7-9(3)16-11(14-7)5-12-4-10-8(2)15-6-13-10/h6,12H,4-5H2,1-3H3. The first-order valence-corrected chi connectivity index (χ1v) is 6.01. The molecule has 2 aromatic heterocycles. The molecule has 0 aliphatic heterocycles. The number of oxazole rings is 1. The van der Waals surface area contributed by atoms with Crippen LogP contribution in [-0.2, 0) is 13.1 Å². The number of nitrogens with zero attached hydrogens (tertiary/aromatic N) is 2. The van der Waals surface area contributed by atoms with Crippen LogP contribution in [0.3, 0.4) is 0 Å². The Hall–Kier alpha value is -1.20. The number of aryl methyl sites for hydroxylation is 3. The zero-order valence-electron chi connectivity index (χ0n) is 9.70. The maximum absolute atomic E-state index is 5.13. The van der Waals surface area contributed by atoms with Crippen molar-refractivity contribution in [1.29, 1.82) is 0 Å². The van der Waals surface area contributed by atoms with Crippen molar-refractivity contribution >= 4 is 11.3 Å². The molecule has 16 heavy (non-hydrogen) atoms. The average Bonchev–Trinajstić information content (AvgIpc) is 2.76. The summed E-state index contributed by atoms with van der Waals surface area (Å²) in [5, 5.41) is 4.43. The Labute approximate surface area is 98.7 Å². The molecule has 0 aliphatic rings. The lowest BCUT2D eigenvalue weighted by Gasteiger charge is -1.99. The van der Waals surface area contributed by atoms with E-state index in [1.807, 2.05) is 13.8 Å². The van der Waals surface area contributed by atoms with Crippen molar-refractivity contribution in [2.24, 2.45) is 0 Å². The van der Waals surface area contributed by atoms with Gasteiger partial charge >= 0.3 is 0 Å². The molecular formula is C11H15N3OS. The van der Waals surface area contributed by atoms with Gasteiger partial charge < -0.3 is 9.73 Å². The van der Waals surface area contributed by atoms with Crippen LogP contribution < -0.4 is 5.32 Å². The van der Waals surface area contributed by atoms with E-state index in [9.17, 15) is 0 Å². The van der Waals surface area contributed by atoms with Crippen molar-refractivity contribution in [3.63, 3.8) is 0 Å². The summed E-state index contributed by atoms with van der Waals surface area (Å²) in [5.74, 6) is 0.874. The number of hydrogen-bond donors (Lipinski definition) is 1. The molecule has 4 nitrogen and oxygen atoms in total. The smallest absolute Gasteiger partial charge is 0.181 e. The Kier molecular flexibility index (Phi) is 3.36. The molecule has 0 amide bonds. The molecule has 0 atom stereocenters. The normalized spacial score (nSPS) is 10.9. The SMILES string of the molecule is Cc1nc(CNCc2ncoc2C)sc1C. The summed E-state index contributed by atoms with van der Waals surface area (Å²) in [6.45, 7) is 7.56. The highest BCUT2D eigenvalue weighted by atomic mass is 32.1. The second kappa shape index (κ2) is 4.76. The van der Waals surface area contributed by atoms with Gasteiger partial charge in [-0.2, -0.15) is 0 Å². The molecule has 0 saturated heterocycles. The molecule has 0 aliphatic carbocycles. The van der Waals surface area contributed by atoms with Crippen LogP contribution in [0, 0.1) is 20.8 Å². The maximum Gasteiger partial charge on any atom is 0.181 e. The van der Waals surface area contributed by atoms with Crippen molar-refractivity contribution in [3.05, 3.63) is 33.4 Å². The van der Waals surface area contributed by atoms with Crippen molar-refractivity contribution in [1.82, 2.24) is 15.3 Å². The molecule has 0 radical (unpaired) electrons. The lowest BCUT2D eigenvalue weighted by Crippen LogP contribution is -2.13. The molecule has 2 heterocycles. The zero-order valence-corrected chi connectivity index (χ0v) is 10.5. The Bertz CT molecular complexity index is 456. The maximum atomic E-state index is 5.13. The van der Waals surface area contributed by atoms with E-state index >= 15 is 0 Å². The van der Waals surface area contributed by atoms with E-state index in [-0.39, 0.29) is 0 Å². The molecule has 5 heteroatoms. The third kappa shape index (κ3) is 2.48. The molecule has 2 rings (SSSR count). The third-order valence-corrected chi connectivity index (χ3v) is 3.56. The van der Waals surface area contributed by atoms with Gasteiger partial charge in [0, 0.05) is 18.0 Å². The lowest BCUT2D eigenvalue weighted by atomic mass is 10.3. The first kappa shape index (κ1) is 11.3. The highest BCUT2D eigenvalue weighted by Crippen LogP contribution is 2.16. The van der Waals surface area contributed by atoms with Crippen LogP contribution in [0.25, 0.3) is 0 Å². The zero-order chi connectivity index (χ0) is 11.5. The monoisotopic (exact) mass is 237 g/mol. The molecule has 0 unspecified atom stereocenters. The van der Waals surface area contributed by atoms with E-state index in [2.05, 4.69) is 22.2 Å². The first-order chi connectivity index (χ1) is 7.66. The van der Waals surface area contributed by atoms with Gasteiger partial charge in [0.15, 0.2) is 6.39 Å².